The smallest absolute Gasteiger partial charge is 0.334 e. The average Bonchev–Trinajstić information content (AvgIpc) is 2.47. The first-order valence-corrected chi connectivity index (χ1v) is 6.31. The number of carboxylic acid groups (broad SMARTS) is 1. The van der Waals surface area contributed by atoms with Crippen LogP contribution in [-0.4, -0.2) is 54.8 Å². The SMILES string of the molecule is COc1cc(C(=O)N2CCOC(C(=O)O)C2)ccc1C. The third-order valence-corrected chi connectivity index (χ3v) is 3.28. The van der Waals surface area contributed by atoms with Crippen LogP contribution in [0.25, 0.3) is 0 Å². The number of morpholine rings is 1. The molecule has 1 atom stereocenters. The van der Waals surface area contributed by atoms with Gasteiger partial charge in [0.2, 0.25) is 0 Å². The van der Waals surface area contributed by atoms with Crippen molar-refractivity contribution in [3.63, 3.8) is 0 Å². The molecular weight excluding hydrogens is 262 g/mol. The summed E-state index contributed by atoms with van der Waals surface area (Å²) in [7, 11) is 1.55. The van der Waals surface area contributed by atoms with E-state index in [1.54, 1.807) is 25.3 Å². The molecule has 1 aromatic carbocycles. The lowest BCUT2D eigenvalue weighted by atomic mass is 10.1. The van der Waals surface area contributed by atoms with Gasteiger partial charge in [-0.15, -0.1) is 0 Å². The van der Waals surface area contributed by atoms with Crippen molar-refractivity contribution in [3.05, 3.63) is 29.3 Å². The number of methoxy groups -OCH3 is 1. The van der Waals surface area contributed by atoms with Crippen molar-refractivity contribution in [1.29, 1.82) is 0 Å². The molecule has 0 saturated carbocycles. The highest BCUT2D eigenvalue weighted by atomic mass is 16.5. The Morgan fingerprint density at radius 3 is 2.85 bits per heavy atom. The molecule has 0 spiro atoms. The maximum atomic E-state index is 12.4. The highest BCUT2D eigenvalue weighted by molar-refractivity contribution is 5.95. The van der Waals surface area contributed by atoms with Crippen LogP contribution in [0.4, 0.5) is 0 Å². The fraction of sp³-hybridized carbons (Fsp3) is 0.429. The second-order valence-corrected chi connectivity index (χ2v) is 4.63. The van der Waals surface area contributed by atoms with E-state index in [1.165, 1.54) is 4.90 Å². The molecule has 1 aliphatic heterocycles. The zero-order valence-electron chi connectivity index (χ0n) is 11.5. The lowest BCUT2D eigenvalue weighted by Gasteiger charge is -2.31. The van der Waals surface area contributed by atoms with Crippen molar-refractivity contribution < 1.29 is 24.2 Å². The molecule has 6 nitrogen and oxygen atoms in total. The number of benzene rings is 1. The van der Waals surface area contributed by atoms with Crippen molar-refractivity contribution in [1.82, 2.24) is 4.90 Å². The van der Waals surface area contributed by atoms with E-state index in [0.717, 1.165) is 5.56 Å². The zero-order chi connectivity index (χ0) is 14.7. The lowest BCUT2D eigenvalue weighted by molar-refractivity contribution is -0.154. The van der Waals surface area contributed by atoms with Gasteiger partial charge in [-0.25, -0.2) is 4.79 Å². The molecule has 1 N–H and O–H groups in total. The standard InChI is InChI=1S/C14H17NO5/c1-9-3-4-10(7-11(9)19-2)13(16)15-5-6-20-12(8-15)14(17)18/h3-4,7,12H,5-6,8H2,1-2H3,(H,17,18). The number of ether oxygens (including phenoxy) is 2. The Bertz CT molecular complexity index is 528. The van der Waals surface area contributed by atoms with Gasteiger partial charge in [-0.05, 0) is 24.6 Å². The number of nitrogens with zero attached hydrogens (tertiary/aromatic N) is 1. The van der Waals surface area contributed by atoms with Gasteiger partial charge in [0.25, 0.3) is 5.91 Å². The molecule has 2 rings (SSSR count). The summed E-state index contributed by atoms with van der Waals surface area (Å²) in [6.45, 7) is 2.57. The summed E-state index contributed by atoms with van der Waals surface area (Å²) in [5, 5.41) is 8.94. The first-order chi connectivity index (χ1) is 9.52. The average molecular weight is 279 g/mol. The number of amides is 1. The summed E-state index contributed by atoms with van der Waals surface area (Å²) in [5.74, 6) is -0.624. The normalized spacial score (nSPS) is 18.7. The van der Waals surface area contributed by atoms with E-state index in [0.29, 0.717) is 17.9 Å². The van der Waals surface area contributed by atoms with Crippen LogP contribution in [0.1, 0.15) is 15.9 Å². The summed E-state index contributed by atoms with van der Waals surface area (Å²) in [6, 6.07) is 5.19. The fourth-order valence-corrected chi connectivity index (χ4v) is 2.12. The highest BCUT2D eigenvalue weighted by Gasteiger charge is 2.29. The number of aryl methyl sites for hydroxylation is 1. The van der Waals surface area contributed by atoms with E-state index < -0.39 is 12.1 Å². The minimum Gasteiger partial charge on any atom is -0.496 e. The highest BCUT2D eigenvalue weighted by Crippen LogP contribution is 2.20. The minimum absolute atomic E-state index is 0.0599. The molecule has 20 heavy (non-hydrogen) atoms. The van der Waals surface area contributed by atoms with Gasteiger partial charge in [-0.2, -0.15) is 0 Å². The van der Waals surface area contributed by atoms with Gasteiger partial charge >= 0.3 is 5.97 Å². The van der Waals surface area contributed by atoms with Gasteiger partial charge in [-0.3, -0.25) is 4.79 Å². The number of aliphatic carboxylic acids is 1. The van der Waals surface area contributed by atoms with Crippen LogP contribution in [0.2, 0.25) is 0 Å². The number of rotatable bonds is 3. The second-order valence-electron chi connectivity index (χ2n) is 4.63. The fourth-order valence-electron chi connectivity index (χ4n) is 2.12. The second kappa shape index (κ2) is 5.92. The molecular formula is C14H17NO5. The number of carboxylic acids is 1. The Balaban J connectivity index is 2.16. The van der Waals surface area contributed by atoms with Crippen molar-refractivity contribution in [2.75, 3.05) is 26.8 Å². The van der Waals surface area contributed by atoms with Crippen LogP contribution in [0.15, 0.2) is 18.2 Å². The van der Waals surface area contributed by atoms with Crippen LogP contribution in [0.3, 0.4) is 0 Å². The molecule has 1 heterocycles. The molecule has 6 heteroatoms. The van der Waals surface area contributed by atoms with Crippen molar-refractivity contribution in [3.8, 4) is 5.75 Å². The summed E-state index contributed by atoms with van der Waals surface area (Å²) >= 11 is 0. The van der Waals surface area contributed by atoms with E-state index in [9.17, 15) is 9.59 Å². The molecule has 1 saturated heterocycles. The Kier molecular flexibility index (Phi) is 4.24. The van der Waals surface area contributed by atoms with Gasteiger partial charge in [0.15, 0.2) is 6.10 Å². The van der Waals surface area contributed by atoms with E-state index in [4.69, 9.17) is 14.6 Å². The monoisotopic (exact) mass is 279 g/mol. The number of carbonyl (C=O) groups excluding carboxylic acids is 1. The molecule has 108 valence electrons. The van der Waals surface area contributed by atoms with Crippen molar-refractivity contribution in [2.24, 2.45) is 0 Å². The van der Waals surface area contributed by atoms with Crippen LogP contribution < -0.4 is 4.74 Å². The predicted octanol–water partition coefficient (Wildman–Crippen LogP) is 0.929. The number of hydrogen-bond acceptors (Lipinski definition) is 4. The van der Waals surface area contributed by atoms with Gasteiger partial charge in [0.05, 0.1) is 20.3 Å². The number of carbonyl (C=O) groups is 2. The van der Waals surface area contributed by atoms with E-state index in [-0.39, 0.29) is 19.1 Å². The molecule has 1 amide bonds. The Morgan fingerprint density at radius 2 is 2.20 bits per heavy atom. The Morgan fingerprint density at radius 1 is 1.45 bits per heavy atom. The zero-order valence-corrected chi connectivity index (χ0v) is 11.5. The van der Waals surface area contributed by atoms with E-state index in [1.807, 2.05) is 6.92 Å². The molecule has 1 unspecified atom stereocenters. The molecule has 1 fully saturated rings. The molecule has 0 radical (unpaired) electrons. The van der Waals surface area contributed by atoms with Crippen LogP contribution in [-0.2, 0) is 9.53 Å². The number of hydrogen-bond donors (Lipinski definition) is 1. The lowest BCUT2D eigenvalue weighted by Crippen LogP contribution is -2.48. The van der Waals surface area contributed by atoms with Gasteiger partial charge < -0.3 is 19.5 Å². The van der Waals surface area contributed by atoms with E-state index in [2.05, 4.69) is 0 Å². The van der Waals surface area contributed by atoms with Crippen molar-refractivity contribution >= 4 is 11.9 Å². The predicted molar refractivity (Wildman–Crippen MR) is 71.0 cm³/mol. The molecule has 1 aliphatic rings. The Labute approximate surface area is 116 Å². The van der Waals surface area contributed by atoms with Gasteiger partial charge in [0, 0.05) is 12.1 Å². The van der Waals surface area contributed by atoms with Gasteiger partial charge in [0.1, 0.15) is 5.75 Å². The minimum atomic E-state index is -1.05. The maximum absolute atomic E-state index is 12.4. The third kappa shape index (κ3) is 2.91. The largest absolute Gasteiger partial charge is 0.496 e. The van der Waals surface area contributed by atoms with Crippen LogP contribution in [0, 0.1) is 6.92 Å². The quantitative estimate of drug-likeness (QED) is 0.890. The maximum Gasteiger partial charge on any atom is 0.334 e. The molecule has 0 aromatic heterocycles. The summed E-state index contributed by atoms with van der Waals surface area (Å²) in [4.78, 5) is 24.8. The van der Waals surface area contributed by atoms with Crippen LogP contribution in [0.5, 0.6) is 5.75 Å². The summed E-state index contributed by atoms with van der Waals surface area (Å²) in [6.07, 6.45) is -0.958. The van der Waals surface area contributed by atoms with E-state index >= 15 is 0 Å². The van der Waals surface area contributed by atoms with Crippen molar-refractivity contribution in [2.45, 2.75) is 13.0 Å². The summed E-state index contributed by atoms with van der Waals surface area (Å²) < 4.78 is 10.3. The summed E-state index contributed by atoms with van der Waals surface area (Å²) in [5.41, 5.74) is 1.42. The first kappa shape index (κ1) is 14.3. The molecule has 0 aliphatic carbocycles. The molecule has 1 aromatic rings. The molecule has 0 bridgehead atoms. The van der Waals surface area contributed by atoms with Gasteiger partial charge in [-0.1, -0.05) is 6.07 Å². The van der Waals surface area contributed by atoms with Crippen LogP contribution >= 0.6 is 0 Å². The topological polar surface area (TPSA) is 76.1 Å². The third-order valence-electron chi connectivity index (χ3n) is 3.28. The first-order valence-electron chi connectivity index (χ1n) is 6.31. The Hall–Kier alpha value is -2.08.